The molecule has 0 aliphatic heterocycles. The lowest BCUT2D eigenvalue weighted by molar-refractivity contribution is 0.0947. The van der Waals surface area contributed by atoms with Crippen molar-refractivity contribution in [3.63, 3.8) is 0 Å². The van der Waals surface area contributed by atoms with Crippen LogP contribution in [0.4, 0.5) is 5.82 Å². The van der Waals surface area contributed by atoms with Crippen LogP contribution in [-0.2, 0) is 0 Å². The third-order valence-corrected chi connectivity index (χ3v) is 4.58. The molecule has 3 N–H and O–H groups in total. The highest BCUT2D eigenvalue weighted by Gasteiger charge is 2.22. The molecule has 1 amide bonds. The minimum absolute atomic E-state index is 0.00851. The van der Waals surface area contributed by atoms with E-state index in [0.29, 0.717) is 24.5 Å². The Hall–Kier alpha value is -3.79. The first kappa shape index (κ1) is 19.5. The maximum atomic E-state index is 12.7. The molecule has 0 aromatic carbocycles. The zero-order valence-electron chi connectivity index (χ0n) is 17.0. The van der Waals surface area contributed by atoms with Gasteiger partial charge in [-0.25, -0.2) is 19.9 Å². The third kappa shape index (κ3) is 3.72. The molecule has 0 fully saturated rings. The number of anilines is 1. The Balaban J connectivity index is 1.81. The Kier molecular flexibility index (Phi) is 5.15. The van der Waals surface area contributed by atoms with Gasteiger partial charge in [-0.05, 0) is 33.2 Å². The molecule has 10 nitrogen and oxygen atoms in total. The van der Waals surface area contributed by atoms with Gasteiger partial charge in [-0.2, -0.15) is 0 Å². The standard InChI is InChI=1S/C20H22N8O2/c1-12-10-24-14-5-4-13(11-28(12)14)15-16(20-23-7-9-30-20)26-18(21)17(25-15)19(29)22-6-8-27(2)3/h4-5,7,9-11H,6,8H2,1-3H3,(H2,21,26)(H,22,29). The lowest BCUT2D eigenvalue weighted by Gasteiger charge is -2.13. The van der Waals surface area contributed by atoms with Gasteiger partial charge in [0.25, 0.3) is 5.91 Å². The molecule has 0 aliphatic carbocycles. The van der Waals surface area contributed by atoms with Gasteiger partial charge in [-0.15, -0.1) is 0 Å². The third-order valence-electron chi connectivity index (χ3n) is 4.58. The highest BCUT2D eigenvalue weighted by Crippen LogP contribution is 2.30. The molecule has 0 bridgehead atoms. The summed E-state index contributed by atoms with van der Waals surface area (Å²) in [5.41, 5.74) is 9.44. The molecule has 10 heteroatoms. The molecule has 0 saturated carbocycles. The number of carbonyl (C=O) groups excluding carboxylic acids is 1. The van der Waals surface area contributed by atoms with E-state index >= 15 is 0 Å². The van der Waals surface area contributed by atoms with E-state index in [2.05, 4.69) is 25.3 Å². The van der Waals surface area contributed by atoms with Crippen molar-refractivity contribution in [2.75, 3.05) is 32.9 Å². The Morgan fingerprint density at radius 2 is 2.07 bits per heavy atom. The van der Waals surface area contributed by atoms with Gasteiger partial charge in [0, 0.05) is 36.7 Å². The van der Waals surface area contributed by atoms with Crippen LogP contribution in [0.5, 0.6) is 0 Å². The quantitative estimate of drug-likeness (QED) is 0.494. The molecule has 0 unspecified atom stereocenters. The predicted molar refractivity (Wildman–Crippen MR) is 112 cm³/mol. The highest BCUT2D eigenvalue weighted by molar-refractivity contribution is 5.97. The van der Waals surface area contributed by atoms with E-state index in [9.17, 15) is 4.79 Å². The summed E-state index contributed by atoms with van der Waals surface area (Å²) < 4.78 is 7.36. The number of fused-ring (bicyclic) bond motifs is 1. The first-order valence-electron chi connectivity index (χ1n) is 9.38. The Morgan fingerprint density at radius 3 is 2.80 bits per heavy atom. The first-order valence-corrected chi connectivity index (χ1v) is 9.38. The van der Waals surface area contributed by atoms with Crippen molar-refractivity contribution in [2.45, 2.75) is 6.92 Å². The number of imidazole rings is 1. The Morgan fingerprint density at radius 1 is 1.23 bits per heavy atom. The molecule has 0 atom stereocenters. The molecule has 4 aromatic heterocycles. The number of pyridine rings is 1. The fourth-order valence-corrected chi connectivity index (χ4v) is 3.03. The van der Waals surface area contributed by atoms with Gasteiger partial charge in [0.15, 0.2) is 17.2 Å². The summed E-state index contributed by atoms with van der Waals surface area (Å²) >= 11 is 0. The van der Waals surface area contributed by atoms with Gasteiger partial charge in [-0.1, -0.05) is 0 Å². The van der Waals surface area contributed by atoms with Crippen molar-refractivity contribution in [1.29, 1.82) is 0 Å². The van der Waals surface area contributed by atoms with Gasteiger partial charge in [0.2, 0.25) is 5.89 Å². The number of aryl methyl sites for hydroxylation is 1. The average Bonchev–Trinajstić information content (AvgIpc) is 3.37. The summed E-state index contributed by atoms with van der Waals surface area (Å²) in [6, 6.07) is 3.73. The lowest BCUT2D eigenvalue weighted by atomic mass is 10.1. The fourth-order valence-electron chi connectivity index (χ4n) is 3.03. The minimum Gasteiger partial charge on any atom is -0.443 e. The molecule has 30 heavy (non-hydrogen) atoms. The second-order valence-electron chi connectivity index (χ2n) is 7.10. The lowest BCUT2D eigenvalue weighted by Crippen LogP contribution is -2.32. The van der Waals surface area contributed by atoms with Gasteiger partial charge < -0.3 is 24.8 Å². The zero-order valence-corrected chi connectivity index (χ0v) is 17.0. The Labute approximate surface area is 172 Å². The zero-order chi connectivity index (χ0) is 21.3. The maximum absolute atomic E-state index is 12.7. The van der Waals surface area contributed by atoms with Crippen molar-refractivity contribution in [3.8, 4) is 22.8 Å². The number of rotatable bonds is 6. The molecule has 154 valence electrons. The highest BCUT2D eigenvalue weighted by atomic mass is 16.3. The second-order valence-corrected chi connectivity index (χ2v) is 7.10. The molecular weight excluding hydrogens is 384 g/mol. The normalized spacial score (nSPS) is 11.3. The molecule has 0 radical (unpaired) electrons. The number of nitrogens with one attached hydrogen (secondary N) is 1. The van der Waals surface area contributed by atoms with Crippen LogP contribution in [0, 0.1) is 6.92 Å². The first-order chi connectivity index (χ1) is 14.4. The number of nitrogens with zero attached hydrogens (tertiary/aromatic N) is 6. The summed E-state index contributed by atoms with van der Waals surface area (Å²) in [6.45, 7) is 3.11. The number of carbonyl (C=O) groups is 1. The van der Waals surface area contributed by atoms with Crippen LogP contribution in [0.2, 0.25) is 0 Å². The topological polar surface area (TPSA) is 127 Å². The molecule has 0 spiro atoms. The smallest absolute Gasteiger partial charge is 0.273 e. The minimum atomic E-state index is -0.387. The van der Waals surface area contributed by atoms with E-state index in [-0.39, 0.29) is 23.3 Å². The van der Waals surface area contributed by atoms with Crippen LogP contribution >= 0.6 is 0 Å². The van der Waals surface area contributed by atoms with Crippen LogP contribution in [0.15, 0.2) is 41.4 Å². The van der Waals surface area contributed by atoms with Crippen molar-refractivity contribution >= 4 is 17.4 Å². The number of aromatic nitrogens is 5. The van der Waals surface area contributed by atoms with Crippen LogP contribution < -0.4 is 11.1 Å². The molecule has 4 aromatic rings. The Bertz CT molecular complexity index is 1200. The van der Waals surface area contributed by atoms with E-state index in [1.807, 2.05) is 48.6 Å². The second kappa shape index (κ2) is 7.91. The number of oxazole rings is 1. The summed E-state index contributed by atoms with van der Waals surface area (Å²) in [5, 5.41) is 2.82. The van der Waals surface area contributed by atoms with Gasteiger partial charge in [0.1, 0.15) is 17.6 Å². The van der Waals surface area contributed by atoms with Gasteiger partial charge in [0.05, 0.1) is 6.20 Å². The molecular formula is C20H22N8O2. The number of amides is 1. The fraction of sp³-hybridized carbons (Fsp3) is 0.250. The van der Waals surface area contributed by atoms with E-state index in [1.165, 1.54) is 12.5 Å². The number of nitrogen functional groups attached to an aromatic ring is 1. The van der Waals surface area contributed by atoms with Crippen LogP contribution in [0.1, 0.15) is 16.2 Å². The van der Waals surface area contributed by atoms with Crippen LogP contribution in [0.25, 0.3) is 28.5 Å². The SMILES string of the molecule is Cc1cnc2ccc(-c3nc(C(=O)NCCN(C)C)c(N)nc3-c3ncco3)cn12. The summed E-state index contributed by atoms with van der Waals surface area (Å²) in [4.78, 5) is 32.2. The number of hydrogen-bond acceptors (Lipinski definition) is 8. The predicted octanol–water partition coefficient (Wildman–Crippen LogP) is 1.63. The number of nitrogens with two attached hydrogens (primary N) is 1. The van der Waals surface area contributed by atoms with Crippen molar-refractivity contribution in [2.24, 2.45) is 0 Å². The summed E-state index contributed by atoms with van der Waals surface area (Å²) in [7, 11) is 3.86. The van der Waals surface area contributed by atoms with E-state index in [0.717, 1.165) is 16.9 Å². The molecule has 4 heterocycles. The van der Waals surface area contributed by atoms with Crippen LogP contribution in [0.3, 0.4) is 0 Å². The molecule has 0 aliphatic rings. The number of likely N-dealkylation sites (N-methyl/N-ethyl adjacent to an activating group) is 1. The van der Waals surface area contributed by atoms with E-state index in [4.69, 9.17) is 10.2 Å². The van der Waals surface area contributed by atoms with E-state index < -0.39 is 0 Å². The maximum Gasteiger partial charge on any atom is 0.273 e. The summed E-state index contributed by atoms with van der Waals surface area (Å²) in [6.07, 6.45) is 6.63. The van der Waals surface area contributed by atoms with Crippen molar-refractivity contribution in [1.82, 2.24) is 34.6 Å². The largest absolute Gasteiger partial charge is 0.443 e. The van der Waals surface area contributed by atoms with Crippen molar-refractivity contribution < 1.29 is 9.21 Å². The van der Waals surface area contributed by atoms with Crippen LogP contribution in [-0.4, -0.2) is 62.3 Å². The number of hydrogen-bond donors (Lipinski definition) is 2. The van der Waals surface area contributed by atoms with Gasteiger partial charge >= 0.3 is 0 Å². The monoisotopic (exact) mass is 406 g/mol. The van der Waals surface area contributed by atoms with Crippen molar-refractivity contribution in [3.05, 3.63) is 48.4 Å². The summed E-state index contributed by atoms with van der Waals surface area (Å²) in [5.74, 6) is -0.109. The van der Waals surface area contributed by atoms with E-state index in [1.54, 1.807) is 6.20 Å². The van der Waals surface area contributed by atoms with Gasteiger partial charge in [-0.3, -0.25) is 4.79 Å². The molecule has 4 rings (SSSR count). The average molecular weight is 406 g/mol. The molecule has 0 saturated heterocycles.